The minimum absolute atomic E-state index is 0.112. The Hall–Kier alpha value is -0.670. The van der Waals surface area contributed by atoms with Crippen LogP contribution in [-0.4, -0.2) is 30.2 Å². The quantitative estimate of drug-likeness (QED) is 0.849. The summed E-state index contributed by atoms with van der Waals surface area (Å²) in [5.74, 6) is 3.67. The van der Waals surface area contributed by atoms with Crippen molar-refractivity contribution in [3.8, 4) is 0 Å². The van der Waals surface area contributed by atoms with Crippen molar-refractivity contribution in [3.63, 3.8) is 0 Å². The minimum Gasteiger partial charge on any atom is -0.387 e. The molecule has 23 heavy (non-hydrogen) atoms. The van der Waals surface area contributed by atoms with Crippen LogP contribution in [0.4, 0.5) is 0 Å². The van der Waals surface area contributed by atoms with Gasteiger partial charge in [0.2, 0.25) is 0 Å². The number of fused-ring (bicyclic) bond motifs is 5. The van der Waals surface area contributed by atoms with Crippen LogP contribution >= 0.6 is 0 Å². The van der Waals surface area contributed by atoms with E-state index in [2.05, 4.69) is 13.0 Å². The zero-order valence-electron chi connectivity index (χ0n) is 14.5. The molecule has 0 radical (unpaired) electrons. The minimum atomic E-state index is -0.602. The Bertz CT molecular complexity index is 527. The standard InChI is InChI=1S/C20H30O3/c1-19-9-7-15-14-8-10-20(22,12-23-2)11-13(14)3-4-16(15)17(19)5-6-18(19)21/h5-6,13-17,22H,3-4,7-12H2,1-2H3/t13-,14+,15-,16-,17+,19+,20-/m1/s1. The van der Waals surface area contributed by atoms with Gasteiger partial charge in [0, 0.05) is 12.5 Å². The highest BCUT2D eigenvalue weighted by Gasteiger charge is 2.56. The lowest BCUT2D eigenvalue weighted by molar-refractivity contribution is -0.136. The lowest BCUT2D eigenvalue weighted by Crippen LogP contribution is -2.52. The van der Waals surface area contributed by atoms with E-state index in [0.29, 0.717) is 30.1 Å². The second kappa shape index (κ2) is 5.42. The van der Waals surface area contributed by atoms with E-state index < -0.39 is 5.60 Å². The molecule has 0 heterocycles. The molecule has 3 fully saturated rings. The van der Waals surface area contributed by atoms with E-state index in [0.717, 1.165) is 37.5 Å². The van der Waals surface area contributed by atoms with E-state index in [1.807, 2.05) is 6.08 Å². The molecule has 3 heteroatoms. The Labute approximate surface area is 139 Å². The number of hydrogen-bond donors (Lipinski definition) is 1. The summed E-state index contributed by atoms with van der Waals surface area (Å²) in [6, 6.07) is 0. The SMILES string of the molecule is COC[C@@]1(O)CC[C@H]2[C@H](CC[C@@H]3[C@@H]2CC[C@]2(C)C(=O)C=C[C@@H]32)C1. The summed E-state index contributed by atoms with van der Waals surface area (Å²) in [5.41, 5.74) is -0.714. The van der Waals surface area contributed by atoms with Gasteiger partial charge in [-0.2, -0.15) is 0 Å². The van der Waals surface area contributed by atoms with Gasteiger partial charge in [-0.1, -0.05) is 13.0 Å². The van der Waals surface area contributed by atoms with Gasteiger partial charge in [-0.15, -0.1) is 0 Å². The van der Waals surface area contributed by atoms with Gasteiger partial charge in [-0.05, 0) is 80.6 Å². The Morgan fingerprint density at radius 1 is 1.17 bits per heavy atom. The molecule has 0 unspecified atom stereocenters. The number of allylic oxidation sites excluding steroid dienone is 2. The molecule has 128 valence electrons. The van der Waals surface area contributed by atoms with Crippen LogP contribution in [0.25, 0.3) is 0 Å². The summed E-state index contributed by atoms with van der Waals surface area (Å²) in [4.78, 5) is 12.3. The molecule has 0 bridgehead atoms. The van der Waals surface area contributed by atoms with E-state index in [1.165, 1.54) is 19.3 Å². The third-order valence-corrected chi connectivity index (χ3v) is 7.79. The predicted octanol–water partition coefficient (Wildman–Crippen LogP) is 3.36. The fraction of sp³-hybridized carbons (Fsp3) is 0.850. The molecule has 4 aliphatic carbocycles. The average Bonchev–Trinajstić information content (AvgIpc) is 2.82. The van der Waals surface area contributed by atoms with E-state index in [9.17, 15) is 9.90 Å². The highest BCUT2D eigenvalue weighted by molar-refractivity contribution is 5.97. The number of carbonyl (C=O) groups excluding carboxylic acids is 1. The lowest BCUT2D eigenvalue weighted by atomic mass is 9.49. The molecular weight excluding hydrogens is 288 g/mol. The van der Waals surface area contributed by atoms with Crippen LogP contribution in [0.1, 0.15) is 51.9 Å². The molecular formula is C20H30O3. The van der Waals surface area contributed by atoms with Crippen molar-refractivity contribution in [3.05, 3.63) is 12.2 Å². The zero-order valence-corrected chi connectivity index (χ0v) is 14.5. The fourth-order valence-corrected chi connectivity index (χ4v) is 6.63. The Morgan fingerprint density at radius 2 is 1.96 bits per heavy atom. The highest BCUT2D eigenvalue weighted by Crippen LogP contribution is 2.60. The Balaban J connectivity index is 1.53. The summed E-state index contributed by atoms with van der Waals surface area (Å²) in [6.07, 6.45) is 11.7. The first-order valence-electron chi connectivity index (χ1n) is 9.41. The third-order valence-electron chi connectivity index (χ3n) is 7.79. The molecule has 3 nitrogen and oxygen atoms in total. The van der Waals surface area contributed by atoms with Crippen LogP contribution in [0.3, 0.4) is 0 Å². The molecule has 3 saturated carbocycles. The van der Waals surface area contributed by atoms with E-state index >= 15 is 0 Å². The van der Waals surface area contributed by atoms with Crippen molar-refractivity contribution in [2.45, 2.75) is 57.5 Å². The Morgan fingerprint density at radius 3 is 2.74 bits per heavy atom. The van der Waals surface area contributed by atoms with Crippen molar-refractivity contribution in [2.75, 3.05) is 13.7 Å². The van der Waals surface area contributed by atoms with Gasteiger partial charge in [0.25, 0.3) is 0 Å². The summed E-state index contributed by atoms with van der Waals surface area (Å²) in [5, 5.41) is 10.8. The average molecular weight is 318 g/mol. The molecule has 7 atom stereocenters. The van der Waals surface area contributed by atoms with E-state index in [4.69, 9.17) is 4.74 Å². The number of methoxy groups -OCH3 is 1. The molecule has 0 amide bonds. The van der Waals surface area contributed by atoms with Crippen LogP contribution in [-0.2, 0) is 9.53 Å². The van der Waals surface area contributed by atoms with Crippen LogP contribution in [0.15, 0.2) is 12.2 Å². The first-order valence-corrected chi connectivity index (χ1v) is 9.41. The molecule has 4 rings (SSSR count). The summed E-state index contributed by atoms with van der Waals surface area (Å²) in [6.45, 7) is 2.67. The maximum Gasteiger partial charge on any atom is 0.161 e. The summed E-state index contributed by atoms with van der Waals surface area (Å²) >= 11 is 0. The second-order valence-corrected chi connectivity index (χ2v) is 8.93. The normalized spacial score (nSPS) is 52.0. The van der Waals surface area contributed by atoms with Crippen molar-refractivity contribution in [1.29, 1.82) is 0 Å². The number of rotatable bonds is 2. The second-order valence-electron chi connectivity index (χ2n) is 8.93. The molecule has 1 N–H and O–H groups in total. The maximum atomic E-state index is 12.3. The van der Waals surface area contributed by atoms with Gasteiger partial charge in [0.1, 0.15) is 0 Å². The monoisotopic (exact) mass is 318 g/mol. The van der Waals surface area contributed by atoms with Gasteiger partial charge in [0.15, 0.2) is 5.78 Å². The van der Waals surface area contributed by atoms with Gasteiger partial charge in [0.05, 0.1) is 12.2 Å². The van der Waals surface area contributed by atoms with Gasteiger partial charge in [-0.25, -0.2) is 0 Å². The largest absolute Gasteiger partial charge is 0.387 e. The predicted molar refractivity (Wildman–Crippen MR) is 88.8 cm³/mol. The fourth-order valence-electron chi connectivity index (χ4n) is 6.63. The first-order chi connectivity index (χ1) is 11.0. The van der Waals surface area contributed by atoms with Crippen molar-refractivity contribution in [1.82, 2.24) is 0 Å². The molecule has 0 aromatic carbocycles. The van der Waals surface area contributed by atoms with Crippen molar-refractivity contribution < 1.29 is 14.6 Å². The van der Waals surface area contributed by atoms with Gasteiger partial charge >= 0.3 is 0 Å². The van der Waals surface area contributed by atoms with Gasteiger partial charge in [-0.3, -0.25) is 4.79 Å². The lowest BCUT2D eigenvalue weighted by Gasteiger charge is -2.55. The van der Waals surface area contributed by atoms with E-state index in [1.54, 1.807) is 7.11 Å². The first kappa shape index (κ1) is 15.8. The number of aliphatic hydroxyl groups is 1. The van der Waals surface area contributed by atoms with E-state index in [-0.39, 0.29) is 5.41 Å². The zero-order chi connectivity index (χ0) is 16.2. The van der Waals surface area contributed by atoms with Crippen LogP contribution in [0, 0.1) is 35.0 Å². The third kappa shape index (κ3) is 2.34. The topological polar surface area (TPSA) is 46.5 Å². The Kier molecular flexibility index (Phi) is 3.73. The van der Waals surface area contributed by atoms with Crippen molar-refractivity contribution >= 4 is 5.78 Å². The molecule has 0 aromatic rings. The van der Waals surface area contributed by atoms with Crippen LogP contribution in [0.5, 0.6) is 0 Å². The maximum absolute atomic E-state index is 12.3. The molecule has 0 saturated heterocycles. The molecule has 4 aliphatic rings. The van der Waals surface area contributed by atoms with Crippen LogP contribution < -0.4 is 0 Å². The molecule has 0 aromatic heterocycles. The summed E-state index contributed by atoms with van der Waals surface area (Å²) < 4.78 is 5.26. The molecule has 0 aliphatic heterocycles. The number of carbonyl (C=O) groups is 1. The summed E-state index contributed by atoms with van der Waals surface area (Å²) in [7, 11) is 1.69. The van der Waals surface area contributed by atoms with Gasteiger partial charge < -0.3 is 9.84 Å². The number of ketones is 1. The highest BCUT2D eigenvalue weighted by atomic mass is 16.5. The molecule has 0 spiro atoms. The number of ether oxygens (including phenoxy) is 1. The smallest absolute Gasteiger partial charge is 0.161 e. The van der Waals surface area contributed by atoms with Crippen LogP contribution in [0.2, 0.25) is 0 Å². The number of hydrogen-bond acceptors (Lipinski definition) is 3. The van der Waals surface area contributed by atoms with Crippen molar-refractivity contribution in [2.24, 2.45) is 35.0 Å².